The Morgan fingerprint density at radius 3 is 2.31 bits per heavy atom. The van der Waals surface area contributed by atoms with Crippen LogP contribution < -0.4 is 10.7 Å². The number of halogens is 4. The maximum absolute atomic E-state index is 12.1. The van der Waals surface area contributed by atoms with Crippen molar-refractivity contribution in [2.45, 2.75) is 6.18 Å². The lowest BCUT2D eigenvalue weighted by atomic mass is 10.2. The van der Waals surface area contributed by atoms with Crippen LogP contribution in [-0.2, 0) is 6.18 Å². The van der Waals surface area contributed by atoms with E-state index >= 15 is 0 Å². The van der Waals surface area contributed by atoms with Gasteiger partial charge in [0.15, 0.2) is 5.75 Å². The fourth-order valence-electron chi connectivity index (χ4n) is 0.773. The van der Waals surface area contributed by atoms with Crippen molar-refractivity contribution in [3.63, 3.8) is 0 Å². The highest BCUT2D eigenvalue weighted by atomic mass is 79.9. The summed E-state index contributed by atoms with van der Waals surface area (Å²) in [6.07, 6.45) is -4.35. The summed E-state index contributed by atoms with van der Waals surface area (Å²) in [5, 5.41) is 0. The molecule has 0 bridgehead atoms. The molecule has 1 aromatic carbocycles. The Bertz CT molecular complexity index is 313. The Kier molecular flexibility index (Phi) is 2.82. The Hall–Kier alpha value is -0.750. The second-order valence-corrected chi connectivity index (χ2v) is 3.12. The van der Waals surface area contributed by atoms with Gasteiger partial charge in [-0.2, -0.15) is 19.1 Å². The quantitative estimate of drug-likeness (QED) is 0.784. The van der Waals surface area contributed by atoms with Crippen molar-refractivity contribution in [3.05, 3.63) is 28.2 Å². The molecule has 2 nitrogen and oxygen atoms in total. The molecule has 72 valence electrons. The highest BCUT2D eigenvalue weighted by Gasteiger charge is 2.30. The van der Waals surface area contributed by atoms with E-state index in [1.165, 1.54) is 0 Å². The molecule has 0 amide bonds. The molecule has 0 heterocycles. The third kappa shape index (κ3) is 2.35. The van der Waals surface area contributed by atoms with Gasteiger partial charge in [0.25, 0.3) is 0 Å². The van der Waals surface area contributed by atoms with E-state index in [0.29, 0.717) is 0 Å². The van der Waals surface area contributed by atoms with Crippen molar-refractivity contribution < 1.29 is 18.0 Å². The van der Waals surface area contributed by atoms with Crippen LogP contribution in [0.5, 0.6) is 5.75 Å². The average Bonchev–Trinajstić information content (AvgIpc) is 2.02. The Balaban J connectivity index is 3.10. The van der Waals surface area contributed by atoms with Crippen LogP contribution in [-0.4, -0.2) is 0 Å². The predicted octanol–water partition coefficient (Wildman–Crippen LogP) is 2.72. The first-order valence-electron chi connectivity index (χ1n) is 3.18. The van der Waals surface area contributed by atoms with E-state index < -0.39 is 11.7 Å². The molecule has 0 aliphatic rings. The average molecular weight is 256 g/mol. The van der Waals surface area contributed by atoms with Gasteiger partial charge in [-0.15, -0.1) is 0 Å². The minimum Gasteiger partial charge on any atom is -0.410 e. The summed E-state index contributed by atoms with van der Waals surface area (Å²) >= 11 is 2.89. The SMILES string of the molecule is NOc1ccc(C(F)(F)F)cc1Br. The summed E-state index contributed by atoms with van der Waals surface area (Å²) in [5.41, 5.74) is -0.750. The normalized spacial score (nSPS) is 11.5. The molecule has 0 aliphatic heterocycles. The summed E-state index contributed by atoms with van der Waals surface area (Å²) in [5.74, 6) is 4.96. The third-order valence-electron chi connectivity index (χ3n) is 1.39. The number of benzene rings is 1. The first kappa shape index (κ1) is 10.3. The van der Waals surface area contributed by atoms with Gasteiger partial charge in [-0.1, -0.05) is 0 Å². The van der Waals surface area contributed by atoms with Crippen LogP contribution in [0.25, 0.3) is 0 Å². The van der Waals surface area contributed by atoms with E-state index in [0.717, 1.165) is 18.2 Å². The molecule has 0 unspecified atom stereocenters. The van der Waals surface area contributed by atoms with Crippen LogP contribution in [0.1, 0.15) is 5.56 Å². The van der Waals surface area contributed by atoms with E-state index in [9.17, 15) is 13.2 Å². The minimum atomic E-state index is -4.35. The van der Waals surface area contributed by atoms with Crippen LogP contribution in [0, 0.1) is 0 Å². The van der Waals surface area contributed by atoms with Crippen molar-refractivity contribution in [2.24, 2.45) is 5.90 Å². The molecule has 1 aromatic rings. The molecule has 0 aromatic heterocycles. The molecule has 0 spiro atoms. The van der Waals surface area contributed by atoms with Crippen molar-refractivity contribution in [2.75, 3.05) is 0 Å². The van der Waals surface area contributed by atoms with Crippen molar-refractivity contribution in [1.82, 2.24) is 0 Å². The van der Waals surface area contributed by atoms with E-state index in [1.807, 2.05) is 0 Å². The lowest BCUT2D eigenvalue weighted by molar-refractivity contribution is -0.137. The third-order valence-corrected chi connectivity index (χ3v) is 2.01. The van der Waals surface area contributed by atoms with Gasteiger partial charge in [0.1, 0.15) is 0 Å². The van der Waals surface area contributed by atoms with Crippen molar-refractivity contribution >= 4 is 15.9 Å². The molecule has 0 atom stereocenters. The van der Waals surface area contributed by atoms with Crippen molar-refractivity contribution in [3.8, 4) is 5.75 Å². The molecule has 0 saturated heterocycles. The lowest BCUT2D eigenvalue weighted by Gasteiger charge is -2.08. The Morgan fingerprint density at radius 2 is 1.92 bits per heavy atom. The van der Waals surface area contributed by atoms with Crippen LogP contribution in [0.2, 0.25) is 0 Å². The number of hydrogen-bond donors (Lipinski definition) is 1. The second-order valence-electron chi connectivity index (χ2n) is 2.26. The van der Waals surface area contributed by atoms with Gasteiger partial charge in [-0.25, -0.2) is 0 Å². The first-order chi connectivity index (χ1) is 5.95. The topological polar surface area (TPSA) is 35.2 Å². The van der Waals surface area contributed by atoms with Gasteiger partial charge in [0, 0.05) is 0 Å². The van der Waals surface area contributed by atoms with E-state index in [1.54, 1.807) is 0 Å². The molecule has 6 heteroatoms. The lowest BCUT2D eigenvalue weighted by Crippen LogP contribution is -2.07. The van der Waals surface area contributed by atoms with E-state index in [4.69, 9.17) is 5.90 Å². The van der Waals surface area contributed by atoms with Gasteiger partial charge < -0.3 is 4.84 Å². The zero-order chi connectivity index (χ0) is 10.1. The Morgan fingerprint density at radius 1 is 1.31 bits per heavy atom. The molecule has 1 rings (SSSR count). The summed E-state index contributed by atoms with van der Waals surface area (Å²) in [6.45, 7) is 0. The zero-order valence-corrected chi connectivity index (χ0v) is 7.82. The molecule has 0 aliphatic carbocycles. The van der Waals surface area contributed by atoms with Crippen LogP contribution in [0.3, 0.4) is 0 Å². The largest absolute Gasteiger partial charge is 0.416 e. The summed E-state index contributed by atoms with van der Waals surface area (Å²) in [7, 11) is 0. The van der Waals surface area contributed by atoms with Gasteiger partial charge in [0.05, 0.1) is 10.0 Å². The molecule has 2 N–H and O–H groups in total. The van der Waals surface area contributed by atoms with E-state index in [-0.39, 0.29) is 10.2 Å². The van der Waals surface area contributed by atoms with Gasteiger partial charge in [-0.3, -0.25) is 0 Å². The fourth-order valence-corrected chi connectivity index (χ4v) is 1.24. The molecular formula is C7H5BrF3NO. The summed E-state index contributed by atoms with van der Waals surface area (Å²) < 4.78 is 36.5. The first-order valence-corrected chi connectivity index (χ1v) is 3.98. The zero-order valence-electron chi connectivity index (χ0n) is 6.23. The van der Waals surface area contributed by atoms with Crippen molar-refractivity contribution in [1.29, 1.82) is 0 Å². The Labute approximate surface area is 80.6 Å². The van der Waals surface area contributed by atoms with Gasteiger partial charge in [0.2, 0.25) is 0 Å². The summed E-state index contributed by atoms with van der Waals surface area (Å²) in [6, 6.07) is 2.95. The maximum atomic E-state index is 12.1. The van der Waals surface area contributed by atoms with Crippen LogP contribution >= 0.6 is 15.9 Å². The molecule has 0 fully saturated rings. The molecule has 0 radical (unpaired) electrons. The molecular weight excluding hydrogens is 251 g/mol. The smallest absolute Gasteiger partial charge is 0.410 e. The van der Waals surface area contributed by atoms with Gasteiger partial charge in [-0.05, 0) is 34.1 Å². The van der Waals surface area contributed by atoms with Crippen LogP contribution in [0.4, 0.5) is 13.2 Å². The minimum absolute atomic E-state index is 0.160. The maximum Gasteiger partial charge on any atom is 0.416 e. The van der Waals surface area contributed by atoms with Crippen LogP contribution in [0.15, 0.2) is 22.7 Å². The fraction of sp³-hybridized carbons (Fsp3) is 0.143. The predicted molar refractivity (Wildman–Crippen MR) is 44.0 cm³/mol. The monoisotopic (exact) mass is 255 g/mol. The molecule has 13 heavy (non-hydrogen) atoms. The number of nitrogens with two attached hydrogens (primary N) is 1. The second kappa shape index (κ2) is 3.55. The highest BCUT2D eigenvalue weighted by Crippen LogP contribution is 2.34. The van der Waals surface area contributed by atoms with Gasteiger partial charge >= 0.3 is 6.18 Å². The summed E-state index contributed by atoms with van der Waals surface area (Å²) in [4.78, 5) is 4.30. The molecule has 0 saturated carbocycles. The number of alkyl halides is 3. The highest BCUT2D eigenvalue weighted by molar-refractivity contribution is 9.10. The standard InChI is InChI=1S/C7H5BrF3NO/c8-5-3-4(7(9,10)11)1-2-6(5)13-12/h1-3H,12H2. The number of hydrogen-bond acceptors (Lipinski definition) is 2. The van der Waals surface area contributed by atoms with E-state index in [2.05, 4.69) is 20.8 Å². The number of rotatable bonds is 1.